The van der Waals surface area contributed by atoms with Gasteiger partial charge in [-0.25, -0.2) is 0 Å². The lowest BCUT2D eigenvalue weighted by Gasteiger charge is -2.25. The molecule has 0 aliphatic carbocycles. The van der Waals surface area contributed by atoms with Crippen molar-refractivity contribution in [3.63, 3.8) is 0 Å². The molecule has 0 bridgehead atoms. The highest BCUT2D eigenvalue weighted by Crippen LogP contribution is 2.16. The van der Waals surface area contributed by atoms with E-state index in [-0.39, 0.29) is 0 Å². The van der Waals surface area contributed by atoms with Crippen molar-refractivity contribution in [2.45, 2.75) is 44.6 Å². The van der Waals surface area contributed by atoms with Crippen molar-refractivity contribution in [2.24, 2.45) is 0 Å². The third-order valence-electron chi connectivity index (χ3n) is 3.72. The first-order chi connectivity index (χ1) is 7.95. The Kier molecular flexibility index (Phi) is 6.02. The molecule has 0 saturated carbocycles. The Balaban J connectivity index is 1.55. The number of nitrogens with zero attached hydrogens (tertiary/aromatic N) is 1. The molecule has 0 aromatic heterocycles. The topological polar surface area (TPSA) is 15.3 Å². The summed E-state index contributed by atoms with van der Waals surface area (Å²) in [6.07, 6.45) is 8.53. The van der Waals surface area contributed by atoms with Gasteiger partial charge < -0.3 is 10.2 Å². The van der Waals surface area contributed by atoms with Crippen LogP contribution < -0.4 is 5.32 Å². The number of hydrogen-bond donors (Lipinski definition) is 1. The lowest BCUT2D eigenvalue weighted by Crippen LogP contribution is -2.39. The Morgan fingerprint density at radius 2 is 1.88 bits per heavy atom. The van der Waals surface area contributed by atoms with Crippen LogP contribution >= 0.6 is 11.8 Å². The molecule has 1 N–H and O–H groups in total. The minimum absolute atomic E-state index is 0.797. The highest BCUT2D eigenvalue weighted by Gasteiger charge is 2.13. The maximum absolute atomic E-state index is 3.73. The van der Waals surface area contributed by atoms with Crippen LogP contribution in [0.15, 0.2) is 0 Å². The smallest absolute Gasteiger partial charge is 0.0159 e. The molecule has 2 fully saturated rings. The Bertz CT molecular complexity index is 173. The molecule has 2 aliphatic rings. The summed E-state index contributed by atoms with van der Waals surface area (Å²) < 4.78 is 0. The summed E-state index contributed by atoms with van der Waals surface area (Å²) in [5.74, 6) is 2.71. The molecule has 0 amide bonds. The number of nitrogens with one attached hydrogen (secondary N) is 1. The first-order valence-electron chi connectivity index (χ1n) is 6.98. The first-order valence-corrected chi connectivity index (χ1v) is 8.14. The molecule has 3 heteroatoms. The quantitative estimate of drug-likeness (QED) is 0.815. The highest BCUT2D eigenvalue weighted by molar-refractivity contribution is 7.99. The average molecular weight is 242 g/mol. The van der Waals surface area contributed by atoms with E-state index in [0.717, 1.165) is 6.04 Å². The predicted octanol–water partition coefficient (Wildman–Crippen LogP) is 2.35. The van der Waals surface area contributed by atoms with Crippen molar-refractivity contribution in [1.82, 2.24) is 10.2 Å². The van der Waals surface area contributed by atoms with Crippen LogP contribution in [0.4, 0.5) is 0 Å². The van der Waals surface area contributed by atoms with Gasteiger partial charge in [0.05, 0.1) is 0 Å². The van der Waals surface area contributed by atoms with Gasteiger partial charge in [-0.05, 0) is 44.5 Å². The molecule has 2 heterocycles. The SMILES string of the molecule is C1CCCN(CCNC2CCCSC2)CC1. The van der Waals surface area contributed by atoms with Crippen LogP contribution in [0.5, 0.6) is 0 Å². The molecule has 16 heavy (non-hydrogen) atoms. The molecule has 0 aromatic rings. The van der Waals surface area contributed by atoms with Crippen LogP contribution in [0, 0.1) is 0 Å². The minimum atomic E-state index is 0.797. The van der Waals surface area contributed by atoms with Crippen molar-refractivity contribution in [2.75, 3.05) is 37.7 Å². The standard InChI is InChI=1S/C13H26N2S/c1-2-4-9-15(8-3-1)10-7-14-13-6-5-11-16-12-13/h13-14H,1-12H2. The summed E-state index contributed by atoms with van der Waals surface area (Å²) in [5.41, 5.74) is 0. The minimum Gasteiger partial charge on any atom is -0.312 e. The third-order valence-corrected chi connectivity index (χ3v) is 4.94. The van der Waals surface area contributed by atoms with Crippen molar-refractivity contribution in [1.29, 1.82) is 0 Å². The van der Waals surface area contributed by atoms with Gasteiger partial charge in [0.2, 0.25) is 0 Å². The van der Waals surface area contributed by atoms with E-state index in [2.05, 4.69) is 22.0 Å². The van der Waals surface area contributed by atoms with Crippen LogP contribution in [0.25, 0.3) is 0 Å². The normalized spacial score (nSPS) is 28.9. The molecule has 0 radical (unpaired) electrons. The van der Waals surface area contributed by atoms with E-state index in [1.54, 1.807) is 0 Å². The second kappa shape index (κ2) is 7.57. The van der Waals surface area contributed by atoms with Gasteiger partial charge in [-0.15, -0.1) is 0 Å². The summed E-state index contributed by atoms with van der Waals surface area (Å²) >= 11 is 2.12. The summed E-state index contributed by atoms with van der Waals surface area (Å²) in [7, 11) is 0. The molecule has 94 valence electrons. The molecular formula is C13H26N2S. The lowest BCUT2D eigenvalue weighted by atomic mass is 10.2. The molecule has 0 spiro atoms. The summed E-state index contributed by atoms with van der Waals surface area (Å²) in [6, 6.07) is 0.797. The summed E-state index contributed by atoms with van der Waals surface area (Å²) in [6.45, 7) is 5.13. The lowest BCUT2D eigenvalue weighted by molar-refractivity contribution is 0.279. The fourth-order valence-electron chi connectivity index (χ4n) is 2.69. The maximum atomic E-state index is 3.73. The second-order valence-corrected chi connectivity index (χ2v) is 6.27. The van der Waals surface area contributed by atoms with E-state index < -0.39 is 0 Å². The average Bonchev–Trinajstić information content (AvgIpc) is 2.59. The van der Waals surface area contributed by atoms with E-state index in [9.17, 15) is 0 Å². The van der Waals surface area contributed by atoms with E-state index in [1.165, 1.54) is 76.2 Å². The summed E-state index contributed by atoms with van der Waals surface area (Å²) in [5, 5.41) is 3.73. The van der Waals surface area contributed by atoms with E-state index >= 15 is 0 Å². The number of thioether (sulfide) groups is 1. The molecule has 1 atom stereocenters. The molecule has 2 rings (SSSR count). The van der Waals surface area contributed by atoms with Gasteiger partial charge >= 0.3 is 0 Å². The van der Waals surface area contributed by atoms with Crippen molar-refractivity contribution in [3.05, 3.63) is 0 Å². The Morgan fingerprint density at radius 3 is 2.56 bits per heavy atom. The zero-order valence-corrected chi connectivity index (χ0v) is 11.2. The van der Waals surface area contributed by atoms with Crippen LogP contribution in [0.3, 0.4) is 0 Å². The van der Waals surface area contributed by atoms with Gasteiger partial charge in [-0.2, -0.15) is 11.8 Å². The van der Waals surface area contributed by atoms with Crippen molar-refractivity contribution < 1.29 is 0 Å². The second-order valence-electron chi connectivity index (χ2n) is 5.12. The molecule has 2 saturated heterocycles. The number of hydrogen-bond acceptors (Lipinski definition) is 3. The van der Waals surface area contributed by atoms with E-state index in [0.29, 0.717) is 0 Å². The van der Waals surface area contributed by atoms with Gasteiger partial charge in [0.15, 0.2) is 0 Å². The molecule has 2 nitrogen and oxygen atoms in total. The Labute approximate surface area is 105 Å². The fourth-order valence-corrected chi connectivity index (χ4v) is 3.79. The zero-order valence-electron chi connectivity index (χ0n) is 10.4. The molecular weight excluding hydrogens is 216 g/mol. The van der Waals surface area contributed by atoms with Crippen LogP contribution in [0.1, 0.15) is 38.5 Å². The Morgan fingerprint density at radius 1 is 1.06 bits per heavy atom. The van der Waals surface area contributed by atoms with Gasteiger partial charge in [0, 0.05) is 24.9 Å². The number of rotatable bonds is 4. The Hall–Kier alpha value is 0.270. The molecule has 0 aromatic carbocycles. The van der Waals surface area contributed by atoms with Gasteiger partial charge in [-0.3, -0.25) is 0 Å². The monoisotopic (exact) mass is 242 g/mol. The predicted molar refractivity (Wildman–Crippen MR) is 73.3 cm³/mol. The third kappa shape index (κ3) is 4.64. The van der Waals surface area contributed by atoms with Gasteiger partial charge in [0.1, 0.15) is 0 Å². The molecule has 2 aliphatic heterocycles. The zero-order chi connectivity index (χ0) is 11.1. The van der Waals surface area contributed by atoms with Crippen molar-refractivity contribution >= 4 is 11.8 Å². The van der Waals surface area contributed by atoms with Crippen LogP contribution in [-0.4, -0.2) is 48.6 Å². The van der Waals surface area contributed by atoms with Crippen LogP contribution in [0.2, 0.25) is 0 Å². The first kappa shape index (κ1) is 12.7. The van der Waals surface area contributed by atoms with Gasteiger partial charge in [0.25, 0.3) is 0 Å². The highest BCUT2D eigenvalue weighted by atomic mass is 32.2. The largest absolute Gasteiger partial charge is 0.312 e. The summed E-state index contributed by atoms with van der Waals surface area (Å²) in [4.78, 5) is 2.65. The van der Waals surface area contributed by atoms with E-state index in [4.69, 9.17) is 0 Å². The van der Waals surface area contributed by atoms with Crippen LogP contribution in [-0.2, 0) is 0 Å². The van der Waals surface area contributed by atoms with Crippen molar-refractivity contribution in [3.8, 4) is 0 Å². The maximum Gasteiger partial charge on any atom is 0.0159 e. The molecule has 1 unspecified atom stereocenters. The van der Waals surface area contributed by atoms with Gasteiger partial charge in [-0.1, -0.05) is 12.8 Å². The number of likely N-dealkylation sites (tertiary alicyclic amines) is 1. The fraction of sp³-hybridized carbons (Fsp3) is 1.00. The van der Waals surface area contributed by atoms with E-state index in [1.807, 2.05) is 0 Å².